The molecule has 1 fully saturated rings. The average Bonchev–Trinajstić information content (AvgIpc) is 2.77. The molecular weight excluding hydrogens is 251 g/mol. The van der Waals surface area contributed by atoms with Crippen molar-refractivity contribution in [3.05, 3.63) is 34.6 Å². The fourth-order valence-corrected chi connectivity index (χ4v) is 3.11. The Hall–Kier alpha value is -0.640. The molecule has 0 aromatic heterocycles. The van der Waals surface area contributed by atoms with Crippen molar-refractivity contribution in [2.24, 2.45) is 17.7 Å². The molecule has 1 aromatic carbocycles. The first kappa shape index (κ1) is 13.8. The molecule has 1 aliphatic rings. The molecule has 0 bridgehead atoms. The Kier molecular flexibility index (Phi) is 4.60. The first-order valence-corrected chi connectivity index (χ1v) is 6.88. The zero-order chi connectivity index (χ0) is 13.1. The number of hydrogen-bond donors (Lipinski definition) is 2. The van der Waals surface area contributed by atoms with E-state index in [1.165, 1.54) is 12.5 Å². The predicted molar refractivity (Wildman–Crippen MR) is 72.7 cm³/mol. The van der Waals surface area contributed by atoms with E-state index in [1.807, 2.05) is 0 Å². The van der Waals surface area contributed by atoms with Crippen LogP contribution in [0.3, 0.4) is 0 Å². The molecule has 0 spiro atoms. The first-order chi connectivity index (χ1) is 8.60. The lowest BCUT2D eigenvalue weighted by molar-refractivity contribution is 0.349. The van der Waals surface area contributed by atoms with E-state index in [9.17, 15) is 4.39 Å². The van der Waals surface area contributed by atoms with E-state index in [0.29, 0.717) is 22.9 Å². The molecule has 100 valence electrons. The minimum absolute atomic E-state index is 0.128. The highest BCUT2D eigenvalue weighted by Gasteiger charge is 2.28. The summed E-state index contributed by atoms with van der Waals surface area (Å²) in [5.41, 5.74) is 3.49. The summed E-state index contributed by atoms with van der Waals surface area (Å²) in [5, 5.41) is 0.571. The Bertz CT molecular complexity index is 411. The van der Waals surface area contributed by atoms with Gasteiger partial charge in [0.2, 0.25) is 0 Å². The van der Waals surface area contributed by atoms with E-state index in [4.69, 9.17) is 17.4 Å². The maximum Gasteiger partial charge on any atom is 0.126 e. The fourth-order valence-electron chi connectivity index (χ4n) is 2.91. The van der Waals surface area contributed by atoms with Crippen molar-refractivity contribution >= 4 is 11.6 Å². The van der Waals surface area contributed by atoms with E-state index in [1.54, 1.807) is 12.1 Å². The summed E-state index contributed by atoms with van der Waals surface area (Å²) in [6.45, 7) is 2.26. The second-order valence-electron chi connectivity index (χ2n) is 5.39. The van der Waals surface area contributed by atoms with Gasteiger partial charge in [0.25, 0.3) is 0 Å². The molecule has 0 amide bonds. The largest absolute Gasteiger partial charge is 0.271 e. The number of rotatable bonds is 4. The Morgan fingerprint density at radius 2 is 2.28 bits per heavy atom. The van der Waals surface area contributed by atoms with E-state index in [2.05, 4.69) is 12.3 Å². The van der Waals surface area contributed by atoms with E-state index < -0.39 is 0 Å². The van der Waals surface area contributed by atoms with Crippen LogP contribution in [0.1, 0.15) is 31.7 Å². The Balaban J connectivity index is 2.08. The first-order valence-electron chi connectivity index (χ1n) is 6.50. The van der Waals surface area contributed by atoms with Crippen LogP contribution in [0.15, 0.2) is 18.2 Å². The van der Waals surface area contributed by atoms with Crippen LogP contribution in [0, 0.1) is 17.7 Å². The Labute approximate surface area is 113 Å². The molecule has 0 heterocycles. The minimum atomic E-state index is -0.203. The molecule has 1 aromatic rings. The highest BCUT2D eigenvalue weighted by atomic mass is 35.5. The predicted octanol–water partition coefficient (Wildman–Crippen LogP) is 3.29. The summed E-state index contributed by atoms with van der Waals surface area (Å²) in [6.07, 6.45) is 4.16. The van der Waals surface area contributed by atoms with E-state index >= 15 is 0 Å². The summed E-state index contributed by atoms with van der Waals surface area (Å²) in [5.74, 6) is 6.70. The number of hydrogen-bond acceptors (Lipinski definition) is 2. The maximum absolute atomic E-state index is 13.7. The van der Waals surface area contributed by atoms with Crippen LogP contribution >= 0.6 is 11.6 Å². The zero-order valence-corrected chi connectivity index (χ0v) is 11.4. The Morgan fingerprint density at radius 1 is 1.50 bits per heavy atom. The topological polar surface area (TPSA) is 38.0 Å². The average molecular weight is 271 g/mol. The van der Waals surface area contributed by atoms with Gasteiger partial charge >= 0.3 is 0 Å². The molecule has 3 unspecified atom stereocenters. The van der Waals surface area contributed by atoms with Crippen LogP contribution in [0.5, 0.6) is 0 Å². The lowest BCUT2D eigenvalue weighted by atomic mass is 9.92. The van der Waals surface area contributed by atoms with Crippen molar-refractivity contribution in [1.82, 2.24) is 5.43 Å². The van der Waals surface area contributed by atoms with Crippen LogP contribution in [-0.4, -0.2) is 6.04 Å². The van der Waals surface area contributed by atoms with Gasteiger partial charge in [-0.05, 0) is 54.9 Å². The SMILES string of the molecule is CC1CCC(C(Cc2cc(Cl)ccc2F)NN)C1. The molecule has 2 rings (SSSR count). The second kappa shape index (κ2) is 6.00. The van der Waals surface area contributed by atoms with Crippen molar-refractivity contribution in [2.75, 3.05) is 0 Å². The standard InChI is InChI=1S/C14H20ClFN2/c1-9-2-3-10(6-9)14(18-17)8-11-7-12(15)4-5-13(11)16/h4-5,7,9-10,14,18H,2-3,6,8,17H2,1H3. The summed E-state index contributed by atoms with van der Waals surface area (Å²) < 4.78 is 13.7. The Morgan fingerprint density at radius 3 is 2.89 bits per heavy atom. The van der Waals surface area contributed by atoms with Crippen LogP contribution in [-0.2, 0) is 6.42 Å². The summed E-state index contributed by atoms with van der Waals surface area (Å²) in [4.78, 5) is 0. The third kappa shape index (κ3) is 3.22. The molecule has 0 radical (unpaired) electrons. The normalized spacial score (nSPS) is 25.3. The van der Waals surface area contributed by atoms with Crippen LogP contribution in [0.2, 0.25) is 5.02 Å². The molecule has 0 saturated heterocycles. The summed E-state index contributed by atoms with van der Waals surface area (Å²) >= 11 is 5.91. The number of benzene rings is 1. The zero-order valence-electron chi connectivity index (χ0n) is 10.6. The smallest absolute Gasteiger partial charge is 0.126 e. The van der Waals surface area contributed by atoms with E-state index in [-0.39, 0.29) is 11.9 Å². The summed E-state index contributed by atoms with van der Waals surface area (Å²) in [7, 11) is 0. The molecule has 0 aliphatic heterocycles. The number of nitrogens with two attached hydrogens (primary N) is 1. The molecular formula is C14H20ClFN2. The fraction of sp³-hybridized carbons (Fsp3) is 0.571. The van der Waals surface area contributed by atoms with Gasteiger partial charge < -0.3 is 0 Å². The highest BCUT2D eigenvalue weighted by Crippen LogP contribution is 2.33. The van der Waals surface area contributed by atoms with Gasteiger partial charge in [-0.15, -0.1) is 0 Å². The maximum atomic E-state index is 13.7. The van der Waals surface area contributed by atoms with Crippen molar-refractivity contribution in [2.45, 2.75) is 38.6 Å². The molecule has 1 saturated carbocycles. The van der Waals surface area contributed by atoms with E-state index in [0.717, 1.165) is 18.8 Å². The van der Waals surface area contributed by atoms with Crippen molar-refractivity contribution in [3.63, 3.8) is 0 Å². The molecule has 2 nitrogen and oxygen atoms in total. The third-order valence-electron chi connectivity index (χ3n) is 3.97. The van der Waals surface area contributed by atoms with Crippen LogP contribution < -0.4 is 11.3 Å². The number of halogens is 2. The minimum Gasteiger partial charge on any atom is -0.271 e. The molecule has 3 atom stereocenters. The van der Waals surface area contributed by atoms with Gasteiger partial charge in [0, 0.05) is 11.1 Å². The van der Waals surface area contributed by atoms with Gasteiger partial charge in [0.05, 0.1) is 0 Å². The third-order valence-corrected chi connectivity index (χ3v) is 4.20. The monoisotopic (exact) mass is 270 g/mol. The van der Waals surface area contributed by atoms with Gasteiger partial charge in [-0.1, -0.05) is 24.9 Å². The second-order valence-corrected chi connectivity index (χ2v) is 5.83. The van der Waals surface area contributed by atoms with Crippen molar-refractivity contribution in [1.29, 1.82) is 0 Å². The van der Waals surface area contributed by atoms with Crippen LogP contribution in [0.4, 0.5) is 4.39 Å². The molecule has 1 aliphatic carbocycles. The van der Waals surface area contributed by atoms with Gasteiger partial charge in [-0.25, -0.2) is 4.39 Å². The van der Waals surface area contributed by atoms with Gasteiger partial charge in [0.15, 0.2) is 0 Å². The quantitative estimate of drug-likeness (QED) is 0.651. The van der Waals surface area contributed by atoms with Gasteiger partial charge in [-0.3, -0.25) is 11.3 Å². The number of nitrogens with one attached hydrogen (secondary N) is 1. The molecule has 4 heteroatoms. The van der Waals surface area contributed by atoms with Crippen molar-refractivity contribution in [3.8, 4) is 0 Å². The molecule has 18 heavy (non-hydrogen) atoms. The van der Waals surface area contributed by atoms with Crippen LogP contribution in [0.25, 0.3) is 0 Å². The van der Waals surface area contributed by atoms with Gasteiger partial charge in [-0.2, -0.15) is 0 Å². The van der Waals surface area contributed by atoms with Crippen molar-refractivity contribution < 1.29 is 4.39 Å². The number of hydrazine groups is 1. The van der Waals surface area contributed by atoms with Gasteiger partial charge in [0.1, 0.15) is 5.82 Å². The summed E-state index contributed by atoms with van der Waals surface area (Å²) in [6, 6.07) is 4.81. The lowest BCUT2D eigenvalue weighted by Crippen LogP contribution is -2.42. The molecule has 3 N–H and O–H groups in total. The lowest BCUT2D eigenvalue weighted by Gasteiger charge is -2.23. The highest BCUT2D eigenvalue weighted by molar-refractivity contribution is 6.30.